The van der Waals surface area contributed by atoms with E-state index in [1.165, 1.54) is 4.88 Å². The van der Waals surface area contributed by atoms with Crippen molar-refractivity contribution in [1.82, 2.24) is 5.32 Å². The standard InChI is InChI=1S/C11H15NOS/c1-2-11(6-5-10(13)12-11)8-9-4-3-7-14-9/h3-4,7H,2,5-6,8H2,1H3,(H,12,13). The van der Waals surface area contributed by atoms with E-state index < -0.39 is 0 Å². The van der Waals surface area contributed by atoms with Crippen molar-refractivity contribution in [3.8, 4) is 0 Å². The Morgan fingerprint density at radius 3 is 3.00 bits per heavy atom. The summed E-state index contributed by atoms with van der Waals surface area (Å²) in [6.07, 6.45) is 3.70. The van der Waals surface area contributed by atoms with Gasteiger partial charge in [0.2, 0.25) is 5.91 Å². The Kier molecular flexibility index (Phi) is 2.59. The van der Waals surface area contributed by atoms with Crippen molar-refractivity contribution in [2.24, 2.45) is 0 Å². The van der Waals surface area contributed by atoms with Crippen molar-refractivity contribution in [3.63, 3.8) is 0 Å². The van der Waals surface area contributed by atoms with Gasteiger partial charge in [0.15, 0.2) is 0 Å². The van der Waals surface area contributed by atoms with Crippen LogP contribution in [0.15, 0.2) is 17.5 Å². The van der Waals surface area contributed by atoms with Crippen LogP contribution in [-0.4, -0.2) is 11.4 Å². The van der Waals surface area contributed by atoms with Crippen LogP contribution in [0.3, 0.4) is 0 Å². The van der Waals surface area contributed by atoms with Crippen LogP contribution in [0.2, 0.25) is 0 Å². The number of nitrogens with one attached hydrogen (secondary N) is 1. The largest absolute Gasteiger partial charge is 0.350 e. The fraction of sp³-hybridized carbons (Fsp3) is 0.545. The molecule has 0 aromatic carbocycles. The van der Waals surface area contributed by atoms with Crippen LogP contribution in [0.5, 0.6) is 0 Å². The maximum atomic E-state index is 11.2. The summed E-state index contributed by atoms with van der Waals surface area (Å²) in [5.74, 6) is 0.211. The normalized spacial score (nSPS) is 26.5. The van der Waals surface area contributed by atoms with Crippen LogP contribution in [0.4, 0.5) is 0 Å². The topological polar surface area (TPSA) is 29.1 Å². The number of carbonyl (C=O) groups excluding carboxylic acids is 1. The average Bonchev–Trinajstić information content (AvgIpc) is 2.77. The van der Waals surface area contributed by atoms with Crippen LogP contribution in [0.1, 0.15) is 31.1 Å². The predicted molar refractivity (Wildman–Crippen MR) is 58.4 cm³/mol. The Morgan fingerprint density at radius 2 is 2.50 bits per heavy atom. The summed E-state index contributed by atoms with van der Waals surface area (Å²) in [7, 11) is 0. The highest BCUT2D eigenvalue weighted by atomic mass is 32.1. The molecule has 76 valence electrons. The first-order chi connectivity index (χ1) is 6.74. The van der Waals surface area contributed by atoms with Gasteiger partial charge in [0.25, 0.3) is 0 Å². The molecule has 2 rings (SSSR count). The highest BCUT2D eigenvalue weighted by Gasteiger charge is 2.36. The molecule has 1 amide bonds. The summed E-state index contributed by atoms with van der Waals surface area (Å²) in [4.78, 5) is 12.6. The SMILES string of the molecule is CCC1(Cc2cccs2)CCC(=O)N1. The third-order valence-corrected chi connectivity index (χ3v) is 3.88. The molecule has 1 aliphatic heterocycles. The van der Waals surface area contributed by atoms with Crippen LogP contribution in [0.25, 0.3) is 0 Å². The molecule has 0 aliphatic carbocycles. The van der Waals surface area contributed by atoms with Crippen molar-refractivity contribution in [1.29, 1.82) is 0 Å². The Bertz CT molecular complexity index is 320. The van der Waals surface area contributed by atoms with Gasteiger partial charge in [-0.15, -0.1) is 11.3 Å². The number of thiophene rings is 1. The molecule has 1 saturated heterocycles. The van der Waals surface area contributed by atoms with Gasteiger partial charge in [0.05, 0.1) is 0 Å². The molecule has 0 spiro atoms. The van der Waals surface area contributed by atoms with Gasteiger partial charge in [-0.2, -0.15) is 0 Å². The van der Waals surface area contributed by atoms with E-state index >= 15 is 0 Å². The molecular weight excluding hydrogens is 194 g/mol. The first kappa shape index (κ1) is 9.71. The summed E-state index contributed by atoms with van der Waals surface area (Å²) in [6.45, 7) is 2.15. The van der Waals surface area contributed by atoms with E-state index in [9.17, 15) is 4.79 Å². The van der Waals surface area contributed by atoms with E-state index in [2.05, 4.69) is 29.8 Å². The van der Waals surface area contributed by atoms with E-state index in [4.69, 9.17) is 0 Å². The third-order valence-electron chi connectivity index (χ3n) is 3.00. The van der Waals surface area contributed by atoms with Gasteiger partial charge in [-0.05, 0) is 24.3 Å². The minimum absolute atomic E-state index is 0.0436. The van der Waals surface area contributed by atoms with Crippen LogP contribution >= 0.6 is 11.3 Å². The first-order valence-corrected chi connectivity index (χ1v) is 5.95. The van der Waals surface area contributed by atoms with Crippen molar-refractivity contribution in [3.05, 3.63) is 22.4 Å². The van der Waals surface area contributed by atoms with Gasteiger partial charge in [-0.3, -0.25) is 4.79 Å². The number of carbonyl (C=O) groups is 1. The minimum Gasteiger partial charge on any atom is -0.350 e. The predicted octanol–water partition coefficient (Wildman–Crippen LogP) is 2.35. The van der Waals surface area contributed by atoms with Gasteiger partial charge in [0, 0.05) is 23.3 Å². The smallest absolute Gasteiger partial charge is 0.220 e. The Balaban J connectivity index is 2.10. The molecule has 0 saturated carbocycles. The molecule has 3 heteroatoms. The van der Waals surface area contributed by atoms with E-state index in [1.807, 2.05) is 0 Å². The number of hydrogen-bond donors (Lipinski definition) is 1. The molecule has 1 unspecified atom stereocenters. The average molecular weight is 209 g/mol. The van der Waals surface area contributed by atoms with Gasteiger partial charge in [-0.25, -0.2) is 0 Å². The van der Waals surface area contributed by atoms with E-state index in [-0.39, 0.29) is 11.4 Å². The highest BCUT2D eigenvalue weighted by molar-refractivity contribution is 7.09. The highest BCUT2D eigenvalue weighted by Crippen LogP contribution is 2.29. The molecule has 1 aromatic heterocycles. The second-order valence-corrected chi connectivity index (χ2v) is 4.97. The summed E-state index contributed by atoms with van der Waals surface area (Å²) in [6, 6.07) is 4.21. The second kappa shape index (κ2) is 3.73. The maximum Gasteiger partial charge on any atom is 0.220 e. The lowest BCUT2D eigenvalue weighted by molar-refractivity contribution is -0.119. The molecule has 2 nitrogen and oxygen atoms in total. The molecule has 2 heterocycles. The Labute approximate surface area is 88.3 Å². The summed E-state index contributed by atoms with van der Waals surface area (Å²) < 4.78 is 0. The van der Waals surface area contributed by atoms with Crippen LogP contribution in [-0.2, 0) is 11.2 Å². The number of hydrogen-bond acceptors (Lipinski definition) is 2. The summed E-state index contributed by atoms with van der Waals surface area (Å²) in [5.41, 5.74) is 0.0436. The Morgan fingerprint density at radius 1 is 1.64 bits per heavy atom. The zero-order valence-corrected chi connectivity index (χ0v) is 9.19. The minimum atomic E-state index is 0.0436. The quantitative estimate of drug-likeness (QED) is 0.813. The summed E-state index contributed by atoms with van der Waals surface area (Å²) >= 11 is 1.77. The lowest BCUT2D eigenvalue weighted by Gasteiger charge is -2.27. The molecule has 0 bridgehead atoms. The second-order valence-electron chi connectivity index (χ2n) is 3.94. The zero-order chi connectivity index (χ0) is 10.0. The molecular formula is C11H15NOS. The van der Waals surface area contributed by atoms with Crippen molar-refractivity contribution >= 4 is 17.2 Å². The maximum absolute atomic E-state index is 11.2. The zero-order valence-electron chi connectivity index (χ0n) is 8.38. The third kappa shape index (κ3) is 1.82. The van der Waals surface area contributed by atoms with Gasteiger partial charge >= 0.3 is 0 Å². The molecule has 1 fully saturated rings. The van der Waals surface area contributed by atoms with E-state index in [0.717, 1.165) is 19.3 Å². The van der Waals surface area contributed by atoms with Gasteiger partial charge in [0.1, 0.15) is 0 Å². The van der Waals surface area contributed by atoms with Crippen LogP contribution in [0, 0.1) is 0 Å². The fourth-order valence-corrected chi connectivity index (χ4v) is 2.89. The van der Waals surface area contributed by atoms with E-state index in [0.29, 0.717) is 6.42 Å². The molecule has 1 N–H and O–H groups in total. The molecule has 14 heavy (non-hydrogen) atoms. The molecule has 1 aliphatic rings. The van der Waals surface area contributed by atoms with Crippen LogP contribution < -0.4 is 5.32 Å². The lowest BCUT2D eigenvalue weighted by atomic mass is 9.90. The van der Waals surface area contributed by atoms with Gasteiger partial charge < -0.3 is 5.32 Å². The number of rotatable bonds is 3. The molecule has 0 radical (unpaired) electrons. The fourth-order valence-electron chi connectivity index (χ4n) is 2.04. The first-order valence-electron chi connectivity index (χ1n) is 5.07. The Hall–Kier alpha value is -0.830. The molecule has 1 atom stereocenters. The summed E-state index contributed by atoms with van der Waals surface area (Å²) in [5, 5.41) is 5.22. The lowest BCUT2D eigenvalue weighted by Crippen LogP contribution is -2.42. The van der Waals surface area contributed by atoms with Crippen molar-refractivity contribution in [2.45, 2.75) is 38.1 Å². The van der Waals surface area contributed by atoms with Crippen molar-refractivity contribution < 1.29 is 4.79 Å². The number of amides is 1. The monoisotopic (exact) mass is 209 g/mol. The van der Waals surface area contributed by atoms with E-state index in [1.54, 1.807) is 11.3 Å². The molecule has 1 aromatic rings. The van der Waals surface area contributed by atoms with Crippen molar-refractivity contribution in [2.75, 3.05) is 0 Å². The van der Waals surface area contributed by atoms with Gasteiger partial charge in [-0.1, -0.05) is 13.0 Å².